The maximum Gasteiger partial charge on any atom is 0.200 e. The monoisotopic (exact) mass is 332 g/mol. The maximum atomic E-state index is 13.4. The molecule has 0 aromatic heterocycles. The molecule has 0 saturated heterocycles. The highest BCUT2D eigenvalue weighted by Crippen LogP contribution is 2.27. The Morgan fingerprint density at radius 2 is 1.57 bits per heavy atom. The van der Waals surface area contributed by atoms with Gasteiger partial charge in [-0.3, -0.25) is 5.43 Å². The number of nitrogens with one attached hydrogen (secondary N) is 1. The van der Waals surface area contributed by atoms with E-state index < -0.39 is 34.8 Å². The second-order valence-electron chi connectivity index (χ2n) is 4.25. The summed E-state index contributed by atoms with van der Waals surface area (Å²) >= 11 is 0. The van der Waals surface area contributed by atoms with Crippen molar-refractivity contribution in [1.82, 2.24) is 0 Å². The van der Waals surface area contributed by atoms with Crippen molar-refractivity contribution in [3.63, 3.8) is 0 Å². The normalized spacial score (nSPS) is 11.0. The number of hydrogen-bond donors (Lipinski definition) is 2. The molecule has 2 aromatic rings. The van der Waals surface area contributed by atoms with Gasteiger partial charge in [0.25, 0.3) is 0 Å². The van der Waals surface area contributed by atoms with Gasteiger partial charge in [0.1, 0.15) is 5.69 Å². The molecule has 0 fully saturated rings. The van der Waals surface area contributed by atoms with Crippen molar-refractivity contribution in [2.45, 2.75) is 0 Å². The summed E-state index contributed by atoms with van der Waals surface area (Å²) in [4.78, 5) is 0. The van der Waals surface area contributed by atoms with Crippen molar-refractivity contribution in [3.8, 4) is 11.5 Å². The van der Waals surface area contributed by atoms with Gasteiger partial charge in [0.2, 0.25) is 5.82 Å². The van der Waals surface area contributed by atoms with Crippen LogP contribution in [0.5, 0.6) is 11.5 Å². The average molecular weight is 332 g/mol. The number of halogens is 5. The summed E-state index contributed by atoms with van der Waals surface area (Å²) in [6.45, 7) is 0. The minimum Gasteiger partial charge on any atom is -0.504 e. The number of anilines is 1. The molecular weight excluding hydrogens is 323 g/mol. The lowest BCUT2D eigenvalue weighted by molar-refractivity contribution is 0.373. The highest BCUT2D eigenvalue weighted by atomic mass is 19.2. The van der Waals surface area contributed by atoms with E-state index in [0.717, 1.165) is 6.21 Å². The predicted octanol–water partition coefficient (Wildman–Crippen LogP) is 3.54. The lowest BCUT2D eigenvalue weighted by Gasteiger charge is -2.07. The highest BCUT2D eigenvalue weighted by Gasteiger charge is 2.25. The number of phenolic OH excluding ortho intramolecular Hbond substituents is 1. The van der Waals surface area contributed by atoms with Gasteiger partial charge in [-0.25, -0.2) is 22.0 Å². The summed E-state index contributed by atoms with van der Waals surface area (Å²) < 4.78 is 70.4. The zero-order valence-corrected chi connectivity index (χ0v) is 11.5. The van der Waals surface area contributed by atoms with Crippen LogP contribution in [0, 0.1) is 29.1 Å². The fraction of sp³-hybridized carbons (Fsp3) is 0.0714. The number of methoxy groups -OCH3 is 1. The molecule has 2 rings (SSSR count). The number of benzene rings is 2. The third kappa shape index (κ3) is 3.17. The van der Waals surface area contributed by atoms with Gasteiger partial charge < -0.3 is 9.84 Å². The van der Waals surface area contributed by atoms with E-state index in [2.05, 4.69) is 5.10 Å². The lowest BCUT2D eigenvalue weighted by Crippen LogP contribution is -2.06. The largest absolute Gasteiger partial charge is 0.504 e. The lowest BCUT2D eigenvalue weighted by atomic mass is 10.2. The van der Waals surface area contributed by atoms with Crippen LogP contribution in [-0.2, 0) is 0 Å². The Balaban J connectivity index is 2.26. The van der Waals surface area contributed by atoms with E-state index in [9.17, 15) is 27.1 Å². The first-order valence-corrected chi connectivity index (χ1v) is 6.04. The second kappa shape index (κ2) is 6.51. The van der Waals surface area contributed by atoms with E-state index in [-0.39, 0.29) is 11.5 Å². The van der Waals surface area contributed by atoms with Gasteiger partial charge in [-0.2, -0.15) is 5.10 Å². The number of aromatic hydroxyl groups is 1. The number of rotatable bonds is 4. The quantitative estimate of drug-likeness (QED) is 0.296. The summed E-state index contributed by atoms with van der Waals surface area (Å²) in [6, 6.07) is 4.07. The molecule has 0 amide bonds. The van der Waals surface area contributed by atoms with Crippen molar-refractivity contribution >= 4 is 11.9 Å². The molecule has 122 valence electrons. The van der Waals surface area contributed by atoms with E-state index in [1.54, 1.807) is 5.43 Å². The Kier molecular flexibility index (Phi) is 4.68. The fourth-order valence-electron chi connectivity index (χ4n) is 1.66. The van der Waals surface area contributed by atoms with E-state index in [4.69, 9.17) is 4.74 Å². The van der Waals surface area contributed by atoms with E-state index >= 15 is 0 Å². The van der Waals surface area contributed by atoms with Crippen LogP contribution in [0.4, 0.5) is 27.6 Å². The fourth-order valence-corrected chi connectivity index (χ4v) is 1.66. The molecule has 0 heterocycles. The molecule has 0 saturated carbocycles. The van der Waals surface area contributed by atoms with Gasteiger partial charge in [0.15, 0.2) is 34.8 Å². The molecule has 23 heavy (non-hydrogen) atoms. The molecule has 2 N–H and O–H groups in total. The first-order chi connectivity index (χ1) is 10.9. The standard InChI is InChI=1S/C14H9F5N2O2/c1-23-8-3-2-6(4-7(8)22)5-20-21-14-12(18)10(16)9(15)11(17)13(14)19/h2-5,21-22H,1H3/b20-5+. The second-order valence-corrected chi connectivity index (χ2v) is 4.25. The summed E-state index contributed by atoms with van der Waals surface area (Å²) in [6.07, 6.45) is 1.01. The molecule has 4 nitrogen and oxygen atoms in total. The first kappa shape index (κ1) is 16.5. The van der Waals surface area contributed by atoms with Crippen LogP contribution < -0.4 is 10.2 Å². The summed E-state index contributed by atoms with van der Waals surface area (Å²) in [5, 5.41) is 12.9. The maximum absolute atomic E-state index is 13.4. The van der Waals surface area contributed by atoms with Gasteiger partial charge in [-0.1, -0.05) is 0 Å². The number of phenols is 1. The van der Waals surface area contributed by atoms with E-state index in [0.29, 0.717) is 5.56 Å². The number of hydrogen-bond acceptors (Lipinski definition) is 4. The molecule has 0 aliphatic heterocycles. The van der Waals surface area contributed by atoms with Crippen LogP contribution in [0.25, 0.3) is 0 Å². The number of ether oxygens (including phenoxy) is 1. The van der Waals surface area contributed by atoms with Crippen molar-refractivity contribution in [1.29, 1.82) is 0 Å². The smallest absolute Gasteiger partial charge is 0.200 e. The van der Waals surface area contributed by atoms with Gasteiger partial charge in [-0.05, 0) is 23.8 Å². The number of nitrogens with zero attached hydrogens (tertiary/aromatic N) is 1. The molecule has 0 aliphatic carbocycles. The van der Waals surface area contributed by atoms with Crippen molar-refractivity contribution < 1.29 is 31.8 Å². The minimum atomic E-state index is -2.25. The van der Waals surface area contributed by atoms with Crippen LogP contribution in [0.1, 0.15) is 5.56 Å². The van der Waals surface area contributed by atoms with Gasteiger partial charge in [-0.15, -0.1) is 0 Å². The van der Waals surface area contributed by atoms with Crippen LogP contribution >= 0.6 is 0 Å². The average Bonchev–Trinajstić information content (AvgIpc) is 2.54. The van der Waals surface area contributed by atoms with Crippen molar-refractivity contribution in [2.75, 3.05) is 12.5 Å². The molecular formula is C14H9F5N2O2. The number of hydrazone groups is 1. The van der Waals surface area contributed by atoms with Crippen LogP contribution in [0.3, 0.4) is 0 Å². The summed E-state index contributed by atoms with van der Waals surface area (Å²) in [7, 11) is 1.34. The molecule has 0 unspecified atom stereocenters. The Hall–Kier alpha value is -2.84. The third-order valence-electron chi connectivity index (χ3n) is 2.80. The van der Waals surface area contributed by atoms with Crippen LogP contribution in [0.2, 0.25) is 0 Å². The zero-order valence-electron chi connectivity index (χ0n) is 11.5. The van der Waals surface area contributed by atoms with E-state index in [1.807, 2.05) is 0 Å². The third-order valence-corrected chi connectivity index (χ3v) is 2.80. The molecule has 2 aromatic carbocycles. The summed E-state index contributed by atoms with van der Waals surface area (Å²) in [5.41, 5.74) is 0.756. The van der Waals surface area contributed by atoms with E-state index in [1.165, 1.54) is 25.3 Å². The van der Waals surface area contributed by atoms with Crippen LogP contribution in [0.15, 0.2) is 23.3 Å². The molecule has 9 heteroatoms. The van der Waals surface area contributed by atoms with Gasteiger partial charge >= 0.3 is 0 Å². The first-order valence-electron chi connectivity index (χ1n) is 6.04. The van der Waals surface area contributed by atoms with Crippen molar-refractivity contribution in [3.05, 3.63) is 52.8 Å². The molecule has 0 spiro atoms. The molecule has 0 bridgehead atoms. The Labute approximate surface area is 126 Å². The van der Waals surface area contributed by atoms with Crippen molar-refractivity contribution in [2.24, 2.45) is 5.10 Å². The Bertz CT molecular complexity index is 751. The zero-order chi connectivity index (χ0) is 17.1. The Morgan fingerprint density at radius 1 is 1.00 bits per heavy atom. The van der Waals surface area contributed by atoms with Gasteiger partial charge in [0.05, 0.1) is 13.3 Å². The van der Waals surface area contributed by atoms with Crippen LogP contribution in [-0.4, -0.2) is 18.4 Å². The highest BCUT2D eigenvalue weighted by molar-refractivity contribution is 5.81. The molecule has 0 radical (unpaired) electrons. The topological polar surface area (TPSA) is 53.8 Å². The minimum absolute atomic E-state index is 0.190. The van der Waals surface area contributed by atoms with Gasteiger partial charge in [0, 0.05) is 0 Å². The molecule has 0 atom stereocenters. The molecule has 0 aliphatic rings. The SMILES string of the molecule is COc1ccc(/C=N/Nc2c(F)c(F)c(F)c(F)c2F)cc1O. The summed E-state index contributed by atoms with van der Waals surface area (Å²) in [5.74, 6) is -10.5. The Morgan fingerprint density at radius 3 is 2.09 bits per heavy atom. The predicted molar refractivity (Wildman–Crippen MR) is 72.1 cm³/mol.